The lowest BCUT2D eigenvalue weighted by molar-refractivity contribution is 0.545. The highest BCUT2D eigenvalue weighted by Crippen LogP contribution is 2.41. The number of aromatic nitrogens is 2. The molecule has 4 N–H and O–H groups in total. The number of nitrogens with zero attached hydrogens (tertiary/aromatic N) is 3. The minimum Gasteiger partial charge on any atom is -0.368 e. The summed E-state index contributed by atoms with van der Waals surface area (Å²) in [6, 6.07) is 1.09. The molecular weight excluding hydrogens is 396 g/mol. The van der Waals surface area contributed by atoms with E-state index in [0.717, 1.165) is 31.7 Å². The smallest absolute Gasteiger partial charge is 0.350 e. The Morgan fingerprint density at radius 2 is 1.96 bits per heavy atom. The van der Waals surface area contributed by atoms with Crippen molar-refractivity contribution in [1.29, 1.82) is 0 Å². The van der Waals surface area contributed by atoms with Gasteiger partial charge in [0.2, 0.25) is 0 Å². The summed E-state index contributed by atoms with van der Waals surface area (Å²) in [6.45, 7) is 1.90. The number of nitrogen functional groups attached to an aromatic ring is 1. The van der Waals surface area contributed by atoms with Crippen LogP contribution in [0.2, 0.25) is 5.02 Å². The largest absolute Gasteiger partial charge is 0.368 e. The number of rotatable bonds is 4. The van der Waals surface area contributed by atoms with Crippen molar-refractivity contribution in [2.24, 2.45) is 11.7 Å². The van der Waals surface area contributed by atoms with Crippen molar-refractivity contribution in [1.82, 2.24) is 9.24 Å². The van der Waals surface area contributed by atoms with E-state index in [-0.39, 0.29) is 40.1 Å². The minimum absolute atomic E-state index is 0. The second-order valence-corrected chi connectivity index (χ2v) is 7.53. The van der Waals surface area contributed by atoms with Gasteiger partial charge in [0.05, 0.1) is 21.6 Å². The second-order valence-electron chi connectivity index (χ2n) is 7.15. The molecule has 1 aliphatic heterocycles. The molecule has 1 aromatic carbocycles. The first-order valence-electron chi connectivity index (χ1n) is 8.83. The van der Waals surface area contributed by atoms with Gasteiger partial charge in [-0.15, -0.1) is 12.4 Å². The Kier molecular flexibility index (Phi) is 5.42. The fourth-order valence-corrected chi connectivity index (χ4v) is 4.30. The van der Waals surface area contributed by atoms with Crippen LogP contribution in [0.5, 0.6) is 0 Å². The normalized spacial score (nSPS) is 19.5. The lowest BCUT2D eigenvalue weighted by Crippen LogP contribution is -2.44. The molecule has 1 aliphatic carbocycles. The van der Waals surface area contributed by atoms with Crippen molar-refractivity contribution < 1.29 is 4.39 Å². The van der Waals surface area contributed by atoms with Crippen LogP contribution in [0.1, 0.15) is 31.7 Å². The van der Waals surface area contributed by atoms with Gasteiger partial charge in [-0.25, -0.2) is 9.18 Å². The van der Waals surface area contributed by atoms with Crippen molar-refractivity contribution in [2.45, 2.75) is 31.7 Å². The Labute approximate surface area is 166 Å². The molecule has 0 amide bonds. The summed E-state index contributed by atoms with van der Waals surface area (Å²) in [7, 11) is 0. The third-order valence-electron chi connectivity index (χ3n) is 5.36. The molecule has 1 saturated carbocycles. The van der Waals surface area contributed by atoms with Gasteiger partial charge in [0, 0.05) is 19.1 Å². The molecule has 0 bridgehead atoms. The zero-order valence-electron chi connectivity index (χ0n) is 14.7. The highest BCUT2D eigenvalue weighted by atomic mass is 35.5. The van der Waals surface area contributed by atoms with Crippen molar-refractivity contribution in [3.8, 4) is 0 Å². The minimum atomic E-state index is -0.739. The maximum atomic E-state index is 14.9. The van der Waals surface area contributed by atoms with Crippen LogP contribution in [-0.2, 0) is 0 Å². The summed E-state index contributed by atoms with van der Waals surface area (Å²) in [5.41, 5.74) is 4.80. The number of halogens is 3. The third-order valence-corrected chi connectivity index (χ3v) is 5.72. The summed E-state index contributed by atoms with van der Waals surface area (Å²) in [6.07, 6.45) is 3.38. The fourth-order valence-electron chi connectivity index (χ4n) is 3.89. The topological polar surface area (TPSA) is 99.3 Å². The first-order valence-corrected chi connectivity index (χ1v) is 9.21. The number of anilines is 1. The Balaban J connectivity index is 0.00000210. The quantitative estimate of drug-likeness (QED) is 0.735. The molecule has 0 radical (unpaired) electrons. The average Bonchev–Trinajstić information content (AvgIpc) is 3.34. The average molecular weight is 418 g/mol. The van der Waals surface area contributed by atoms with Gasteiger partial charge in [0.25, 0.3) is 5.56 Å². The molecule has 1 unspecified atom stereocenters. The summed E-state index contributed by atoms with van der Waals surface area (Å²) in [5, 5.41) is 0.137. The summed E-state index contributed by atoms with van der Waals surface area (Å²) < 4.78 is 16.8. The van der Waals surface area contributed by atoms with E-state index >= 15 is 0 Å². The summed E-state index contributed by atoms with van der Waals surface area (Å²) in [5.74, 6) is 5.42. The number of fused-ring (bicyclic) bond motifs is 1. The van der Waals surface area contributed by atoms with Crippen LogP contribution in [0, 0.1) is 11.7 Å². The predicted molar refractivity (Wildman–Crippen MR) is 107 cm³/mol. The van der Waals surface area contributed by atoms with E-state index in [0.29, 0.717) is 30.2 Å². The Morgan fingerprint density at radius 1 is 1.26 bits per heavy atom. The number of hydrogen-bond acceptors (Lipinski definition) is 5. The van der Waals surface area contributed by atoms with Crippen LogP contribution in [0.15, 0.2) is 15.7 Å². The van der Waals surface area contributed by atoms with Crippen LogP contribution in [-0.4, -0.2) is 28.9 Å². The fraction of sp³-hybridized carbons (Fsp3) is 0.529. The molecule has 1 aromatic heterocycles. The van der Waals surface area contributed by atoms with E-state index < -0.39 is 17.1 Å². The highest BCUT2D eigenvalue weighted by molar-refractivity contribution is 6.38. The lowest BCUT2D eigenvalue weighted by atomic mass is 10.1. The van der Waals surface area contributed by atoms with Gasteiger partial charge in [0.1, 0.15) is 5.82 Å². The molecule has 4 rings (SSSR count). The van der Waals surface area contributed by atoms with Gasteiger partial charge >= 0.3 is 5.69 Å². The van der Waals surface area contributed by atoms with Gasteiger partial charge in [0.15, 0.2) is 0 Å². The zero-order chi connectivity index (χ0) is 18.6. The molecule has 2 aliphatic rings. The monoisotopic (exact) mass is 417 g/mol. The van der Waals surface area contributed by atoms with E-state index in [1.807, 2.05) is 4.90 Å². The second kappa shape index (κ2) is 7.33. The zero-order valence-corrected chi connectivity index (χ0v) is 16.2. The number of nitrogens with two attached hydrogens (primary N) is 2. The standard InChI is InChI=1S/C17H21ClFN5O2.ClH/c18-13-14-11(16(25)24(21)17(26)23(14)10-1-2-10)7-12(19)15(13)22-6-4-9(8-22)3-5-20;/h7,9-10H,1-6,8,20-21H2;1H. The van der Waals surface area contributed by atoms with Gasteiger partial charge < -0.3 is 16.5 Å². The van der Waals surface area contributed by atoms with E-state index in [4.69, 9.17) is 23.2 Å². The molecule has 27 heavy (non-hydrogen) atoms. The molecule has 148 valence electrons. The molecule has 1 saturated heterocycles. The molecule has 0 spiro atoms. The first-order chi connectivity index (χ1) is 12.4. The number of benzene rings is 1. The van der Waals surface area contributed by atoms with Gasteiger partial charge in [-0.05, 0) is 44.2 Å². The SMILES string of the molecule is Cl.NCCC1CCN(c2c(F)cc3c(=O)n(N)c(=O)n(C4CC4)c3c2Cl)C1. The Hall–Kier alpha value is -1.77. The lowest BCUT2D eigenvalue weighted by Gasteiger charge is -2.23. The molecule has 10 heteroatoms. The van der Waals surface area contributed by atoms with E-state index in [2.05, 4.69) is 0 Å². The summed E-state index contributed by atoms with van der Waals surface area (Å²) >= 11 is 6.57. The number of hydrogen-bond donors (Lipinski definition) is 2. The predicted octanol–water partition coefficient (Wildman–Crippen LogP) is 1.60. The summed E-state index contributed by atoms with van der Waals surface area (Å²) in [4.78, 5) is 26.8. The van der Waals surface area contributed by atoms with Crippen LogP contribution in [0.25, 0.3) is 10.9 Å². The van der Waals surface area contributed by atoms with Crippen LogP contribution in [0.4, 0.5) is 10.1 Å². The first kappa shape index (κ1) is 20.0. The van der Waals surface area contributed by atoms with Gasteiger partial charge in [-0.1, -0.05) is 11.6 Å². The molecule has 1 atom stereocenters. The van der Waals surface area contributed by atoms with E-state index in [1.165, 1.54) is 4.57 Å². The molecule has 2 aromatic rings. The van der Waals surface area contributed by atoms with Crippen molar-refractivity contribution >= 4 is 40.6 Å². The van der Waals surface area contributed by atoms with Crippen molar-refractivity contribution in [2.75, 3.05) is 30.4 Å². The van der Waals surface area contributed by atoms with E-state index in [1.54, 1.807) is 0 Å². The highest BCUT2D eigenvalue weighted by Gasteiger charge is 2.32. The maximum Gasteiger partial charge on any atom is 0.350 e. The maximum absolute atomic E-state index is 14.9. The van der Waals surface area contributed by atoms with Gasteiger partial charge in [-0.2, -0.15) is 4.68 Å². The van der Waals surface area contributed by atoms with Crippen LogP contribution >= 0.6 is 24.0 Å². The van der Waals surface area contributed by atoms with Crippen molar-refractivity contribution in [3.63, 3.8) is 0 Å². The molecular formula is C17H22Cl2FN5O2. The third kappa shape index (κ3) is 3.19. The molecule has 2 fully saturated rings. The van der Waals surface area contributed by atoms with Gasteiger partial charge in [-0.3, -0.25) is 9.36 Å². The molecule has 7 nitrogen and oxygen atoms in total. The van der Waals surface area contributed by atoms with Crippen molar-refractivity contribution in [3.05, 3.63) is 37.7 Å². The molecule has 2 heterocycles. The van der Waals surface area contributed by atoms with Crippen LogP contribution in [0.3, 0.4) is 0 Å². The van der Waals surface area contributed by atoms with E-state index in [9.17, 15) is 14.0 Å². The van der Waals surface area contributed by atoms with Crippen LogP contribution < -0.4 is 27.7 Å². The Bertz CT molecular complexity index is 1000. The Morgan fingerprint density at radius 3 is 2.59 bits per heavy atom.